The van der Waals surface area contributed by atoms with E-state index in [-0.39, 0.29) is 22.2 Å². The van der Waals surface area contributed by atoms with Crippen LogP contribution in [-0.2, 0) is 16.0 Å². The third kappa shape index (κ3) is 5.25. The minimum Gasteiger partial charge on any atom is -0.496 e. The van der Waals surface area contributed by atoms with Gasteiger partial charge in [0, 0.05) is 19.2 Å². The van der Waals surface area contributed by atoms with Gasteiger partial charge in [0.1, 0.15) is 11.3 Å². The Hall–Kier alpha value is -2.73. The predicted molar refractivity (Wildman–Crippen MR) is 117 cm³/mol. The molecule has 30 heavy (non-hydrogen) atoms. The zero-order valence-corrected chi connectivity index (χ0v) is 18.0. The largest absolute Gasteiger partial charge is 0.496 e. The summed E-state index contributed by atoms with van der Waals surface area (Å²) in [6, 6.07) is 13.2. The second kappa shape index (κ2) is 9.85. The third-order valence-corrected chi connectivity index (χ3v) is 5.79. The molecule has 2 aromatic rings. The van der Waals surface area contributed by atoms with Gasteiger partial charge in [0.05, 0.1) is 17.8 Å². The van der Waals surface area contributed by atoms with E-state index < -0.39 is 12.1 Å². The molecule has 1 saturated heterocycles. The molecule has 0 aliphatic carbocycles. The second-order valence-corrected chi connectivity index (χ2v) is 7.99. The van der Waals surface area contributed by atoms with Crippen molar-refractivity contribution in [2.45, 2.75) is 32.3 Å². The molecule has 1 aliphatic heterocycles. The number of likely N-dealkylation sites (tertiary alicyclic amines) is 1. The van der Waals surface area contributed by atoms with E-state index in [0.717, 1.165) is 19.3 Å². The minimum atomic E-state index is -0.899. The first-order valence-corrected chi connectivity index (χ1v) is 10.4. The number of hydrogen-bond acceptors (Lipinski definition) is 5. The Balaban J connectivity index is 1.55. The van der Waals surface area contributed by atoms with Crippen LogP contribution in [0.4, 0.5) is 5.69 Å². The monoisotopic (exact) mass is 430 g/mol. The Kier molecular flexibility index (Phi) is 7.21. The number of nitrogen functional groups attached to an aromatic ring is 1. The number of benzene rings is 2. The highest BCUT2D eigenvalue weighted by atomic mass is 35.5. The Morgan fingerprint density at radius 2 is 1.87 bits per heavy atom. The van der Waals surface area contributed by atoms with Crippen LogP contribution < -0.4 is 10.5 Å². The maximum absolute atomic E-state index is 12.8. The van der Waals surface area contributed by atoms with Crippen molar-refractivity contribution in [3.05, 3.63) is 58.6 Å². The first kappa shape index (κ1) is 22.0. The van der Waals surface area contributed by atoms with E-state index in [0.29, 0.717) is 24.7 Å². The van der Waals surface area contributed by atoms with Gasteiger partial charge in [-0.05, 0) is 43.7 Å². The summed E-state index contributed by atoms with van der Waals surface area (Å²) < 4.78 is 10.6. The highest BCUT2D eigenvalue weighted by Gasteiger charge is 2.29. The van der Waals surface area contributed by atoms with Gasteiger partial charge in [0.25, 0.3) is 5.91 Å². The molecular formula is C23H27ClN2O4. The number of methoxy groups -OCH3 is 1. The molecule has 1 unspecified atom stereocenters. The van der Waals surface area contributed by atoms with Gasteiger partial charge in [-0.25, -0.2) is 4.79 Å². The molecule has 2 aromatic carbocycles. The van der Waals surface area contributed by atoms with Gasteiger partial charge in [-0.15, -0.1) is 0 Å². The molecule has 2 N–H and O–H groups in total. The number of nitrogens with two attached hydrogens (primary N) is 1. The van der Waals surface area contributed by atoms with Crippen LogP contribution in [0.3, 0.4) is 0 Å². The lowest BCUT2D eigenvalue weighted by Crippen LogP contribution is -2.44. The molecule has 0 saturated carbocycles. The van der Waals surface area contributed by atoms with Crippen molar-refractivity contribution >= 4 is 29.2 Å². The van der Waals surface area contributed by atoms with E-state index in [4.69, 9.17) is 26.8 Å². The molecule has 1 amide bonds. The fourth-order valence-electron chi connectivity index (χ4n) is 3.73. The van der Waals surface area contributed by atoms with E-state index in [1.807, 2.05) is 18.2 Å². The van der Waals surface area contributed by atoms with Crippen LogP contribution in [0, 0.1) is 5.92 Å². The fourth-order valence-corrected chi connectivity index (χ4v) is 3.90. The number of esters is 1. The van der Waals surface area contributed by atoms with Gasteiger partial charge in [-0.3, -0.25) is 4.79 Å². The SMILES string of the molecule is COc1cc(N)c(Cl)cc1C(=O)OC(C)C(=O)N1CCC(Cc2ccccc2)CC1. The molecule has 1 atom stereocenters. The zero-order valence-electron chi connectivity index (χ0n) is 17.3. The molecule has 0 radical (unpaired) electrons. The van der Waals surface area contributed by atoms with Crippen LogP contribution in [0.2, 0.25) is 5.02 Å². The maximum Gasteiger partial charge on any atom is 0.342 e. The van der Waals surface area contributed by atoms with E-state index in [2.05, 4.69) is 12.1 Å². The minimum absolute atomic E-state index is 0.137. The summed E-state index contributed by atoms with van der Waals surface area (Å²) in [5.41, 5.74) is 7.50. The van der Waals surface area contributed by atoms with Gasteiger partial charge >= 0.3 is 5.97 Å². The topological polar surface area (TPSA) is 81.9 Å². The molecular weight excluding hydrogens is 404 g/mol. The lowest BCUT2D eigenvalue weighted by Gasteiger charge is -2.33. The summed E-state index contributed by atoms with van der Waals surface area (Å²) in [7, 11) is 1.42. The van der Waals surface area contributed by atoms with Crippen molar-refractivity contribution in [2.24, 2.45) is 5.92 Å². The average Bonchev–Trinajstić information content (AvgIpc) is 2.76. The Morgan fingerprint density at radius 3 is 2.50 bits per heavy atom. The van der Waals surface area contributed by atoms with E-state index in [1.165, 1.54) is 24.8 Å². The Morgan fingerprint density at radius 1 is 1.20 bits per heavy atom. The summed E-state index contributed by atoms with van der Waals surface area (Å²) in [6.45, 7) is 2.91. The molecule has 160 valence electrons. The van der Waals surface area contributed by atoms with Crippen molar-refractivity contribution < 1.29 is 19.1 Å². The molecule has 6 nitrogen and oxygen atoms in total. The lowest BCUT2D eigenvalue weighted by atomic mass is 9.90. The van der Waals surface area contributed by atoms with E-state index >= 15 is 0 Å². The van der Waals surface area contributed by atoms with Gasteiger partial charge in [-0.1, -0.05) is 41.9 Å². The summed E-state index contributed by atoms with van der Waals surface area (Å²) in [5.74, 6) is -0.0608. The van der Waals surface area contributed by atoms with Crippen LogP contribution in [0.25, 0.3) is 0 Å². The summed E-state index contributed by atoms with van der Waals surface area (Å²) in [4.78, 5) is 27.1. The van der Waals surface area contributed by atoms with Gasteiger partial charge in [0.2, 0.25) is 0 Å². The molecule has 7 heteroatoms. The molecule has 1 aliphatic rings. The highest BCUT2D eigenvalue weighted by Crippen LogP contribution is 2.30. The lowest BCUT2D eigenvalue weighted by molar-refractivity contribution is -0.141. The van der Waals surface area contributed by atoms with Crippen molar-refractivity contribution in [3.8, 4) is 5.75 Å². The van der Waals surface area contributed by atoms with Crippen LogP contribution in [0.5, 0.6) is 5.75 Å². The number of carbonyl (C=O) groups excluding carboxylic acids is 2. The first-order valence-electron chi connectivity index (χ1n) is 10.1. The molecule has 1 fully saturated rings. The molecule has 1 heterocycles. The third-order valence-electron chi connectivity index (χ3n) is 5.46. The highest BCUT2D eigenvalue weighted by molar-refractivity contribution is 6.33. The fraction of sp³-hybridized carbons (Fsp3) is 0.391. The molecule has 0 spiro atoms. The number of rotatable bonds is 6. The quantitative estimate of drug-likeness (QED) is 0.554. The van der Waals surface area contributed by atoms with Crippen molar-refractivity contribution in [1.82, 2.24) is 4.90 Å². The standard InChI is InChI=1S/C23H27ClN2O4/c1-15(30-23(28)18-13-19(24)20(25)14-21(18)29-2)22(27)26-10-8-17(9-11-26)12-16-6-4-3-5-7-16/h3-7,13-15,17H,8-12,25H2,1-2H3. The Bertz CT molecular complexity index is 896. The van der Waals surface area contributed by atoms with Crippen molar-refractivity contribution in [2.75, 3.05) is 25.9 Å². The van der Waals surface area contributed by atoms with Crippen LogP contribution >= 0.6 is 11.6 Å². The summed E-state index contributed by atoms with van der Waals surface area (Å²) in [6.07, 6.45) is 1.99. The van der Waals surface area contributed by atoms with Gasteiger partial charge in [0.15, 0.2) is 6.10 Å². The predicted octanol–water partition coefficient (Wildman–Crippen LogP) is 3.96. The average molecular weight is 431 g/mol. The number of ether oxygens (including phenoxy) is 2. The number of amides is 1. The summed E-state index contributed by atoms with van der Waals surface area (Å²) >= 11 is 6.02. The first-order chi connectivity index (χ1) is 14.4. The second-order valence-electron chi connectivity index (χ2n) is 7.58. The molecule has 0 bridgehead atoms. The van der Waals surface area contributed by atoms with Crippen molar-refractivity contribution in [1.29, 1.82) is 0 Å². The maximum atomic E-state index is 12.8. The molecule has 0 aromatic heterocycles. The number of hydrogen-bond donors (Lipinski definition) is 1. The van der Waals surface area contributed by atoms with Crippen LogP contribution in [-0.4, -0.2) is 43.1 Å². The van der Waals surface area contributed by atoms with E-state index in [9.17, 15) is 9.59 Å². The summed E-state index contributed by atoms with van der Waals surface area (Å²) in [5, 5.41) is 0.224. The van der Waals surface area contributed by atoms with E-state index in [1.54, 1.807) is 11.8 Å². The van der Waals surface area contributed by atoms with Crippen LogP contribution in [0.1, 0.15) is 35.7 Å². The number of halogens is 1. The van der Waals surface area contributed by atoms with Crippen molar-refractivity contribution in [3.63, 3.8) is 0 Å². The number of piperidine rings is 1. The van der Waals surface area contributed by atoms with Crippen LogP contribution in [0.15, 0.2) is 42.5 Å². The zero-order chi connectivity index (χ0) is 21.7. The number of carbonyl (C=O) groups is 2. The smallest absolute Gasteiger partial charge is 0.342 e. The van der Waals surface area contributed by atoms with Gasteiger partial charge < -0.3 is 20.1 Å². The number of nitrogens with zero attached hydrogens (tertiary/aromatic N) is 1. The normalized spacial score (nSPS) is 15.5. The number of anilines is 1. The van der Waals surface area contributed by atoms with Gasteiger partial charge in [-0.2, -0.15) is 0 Å². The molecule has 3 rings (SSSR count). The Labute approximate surface area is 181 Å².